The van der Waals surface area contributed by atoms with Crippen LogP contribution >= 0.6 is 15.9 Å². The number of carbonyl (C=O) groups excluding carboxylic acids is 2. The van der Waals surface area contributed by atoms with E-state index >= 15 is 0 Å². The lowest BCUT2D eigenvalue weighted by molar-refractivity contribution is -0.122. The van der Waals surface area contributed by atoms with Gasteiger partial charge >= 0.3 is 0 Å². The Morgan fingerprint density at radius 1 is 1.07 bits per heavy atom. The first-order valence-corrected chi connectivity index (χ1v) is 9.45. The van der Waals surface area contributed by atoms with Gasteiger partial charge in [-0.05, 0) is 55.5 Å². The number of hydrogen-bond donors (Lipinski definition) is 2. The third-order valence-corrected chi connectivity index (χ3v) is 4.46. The van der Waals surface area contributed by atoms with Crippen molar-refractivity contribution in [3.8, 4) is 5.75 Å². The highest BCUT2D eigenvalue weighted by Crippen LogP contribution is 2.19. The summed E-state index contributed by atoms with van der Waals surface area (Å²) in [4.78, 5) is 25.0. The van der Waals surface area contributed by atoms with Gasteiger partial charge in [-0.2, -0.15) is 0 Å². The monoisotopic (exact) mass is 442 g/mol. The number of para-hydroxylation sites is 1. The summed E-state index contributed by atoms with van der Waals surface area (Å²) in [5.74, 6) is 0.560. The van der Waals surface area contributed by atoms with Gasteiger partial charge in [0.1, 0.15) is 11.5 Å². The maximum Gasteiger partial charge on any atom is 0.265 e. The second-order valence-corrected chi connectivity index (χ2v) is 6.93. The molecule has 0 fully saturated rings. The van der Waals surface area contributed by atoms with Crippen LogP contribution in [0.5, 0.6) is 5.75 Å². The smallest absolute Gasteiger partial charge is 0.265 e. The van der Waals surface area contributed by atoms with E-state index in [9.17, 15) is 9.59 Å². The van der Waals surface area contributed by atoms with Gasteiger partial charge in [0, 0.05) is 4.47 Å². The molecule has 3 aromatic rings. The van der Waals surface area contributed by atoms with Gasteiger partial charge in [0.05, 0.1) is 24.1 Å². The molecule has 2 N–H and O–H groups in total. The number of hydrogen-bond acceptors (Lipinski definition) is 4. The minimum absolute atomic E-state index is 0.261. The quantitative estimate of drug-likeness (QED) is 0.568. The normalized spacial score (nSPS) is 11.5. The van der Waals surface area contributed by atoms with Crippen molar-refractivity contribution >= 4 is 33.4 Å². The Bertz CT molecular complexity index is 939. The molecule has 0 aliphatic rings. The Balaban J connectivity index is 1.63. The van der Waals surface area contributed by atoms with Crippen LogP contribution in [0, 0.1) is 0 Å². The van der Waals surface area contributed by atoms with Crippen LogP contribution < -0.4 is 15.4 Å². The molecule has 0 aliphatic carbocycles. The van der Waals surface area contributed by atoms with E-state index in [1.54, 1.807) is 61.7 Å². The van der Waals surface area contributed by atoms with Crippen molar-refractivity contribution in [2.75, 3.05) is 5.32 Å². The average molecular weight is 443 g/mol. The molecule has 6 nitrogen and oxygen atoms in total. The summed E-state index contributed by atoms with van der Waals surface area (Å²) < 4.78 is 11.8. The van der Waals surface area contributed by atoms with Crippen LogP contribution in [0.4, 0.5) is 5.69 Å². The van der Waals surface area contributed by atoms with E-state index in [1.165, 1.54) is 0 Å². The first kappa shape index (κ1) is 19.7. The van der Waals surface area contributed by atoms with Gasteiger partial charge in [0.15, 0.2) is 6.10 Å². The van der Waals surface area contributed by atoms with E-state index in [2.05, 4.69) is 26.6 Å². The van der Waals surface area contributed by atoms with Crippen molar-refractivity contribution in [2.24, 2.45) is 0 Å². The predicted molar refractivity (Wildman–Crippen MR) is 109 cm³/mol. The number of benzene rings is 2. The van der Waals surface area contributed by atoms with E-state index in [0.29, 0.717) is 22.8 Å². The van der Waals surface area contributed by atoms with Crippen LogP contribution in [0.25, 0.3) is 0 Å². The summed E-state index contributed by atoms with van der Waals surface area (Å²) in [5, 5.41) is 5.53. The third-order valence-electron chi connectivity index (χ3n) is 3.93. The molecular formula is C21H19BrN2O4. The number of rotatable bonds is 7. The van der Waals surface area contributed by atoms with Crippen molar-refractivity contribution < 1.29 is 18.7 Å². The molecule has 7 heteroatoms. The van der Waals surface area contributed by atoms with Gasteiger partial charge in [-0.25, -0.2) is 0 Å². The number of ether oxygens (including phenoxy) is 1. The Hall–Kier alpha value is -3.06. The molecule has 0 aliphatic heterocycles. The van der Waals surface area contributed by atoms with Gasteiger partial charge in [-0.1, -0.05) is 28.1 Å². The van der Waals surface area contributed by atoms with E-state index < -0.39 is 6.10 Å². The lowest BCUT2D eigenvalue weighted by Crippen LogP contribution is -2.31. The Morgan fingerprint density at radius 2 is 1.82 bits per heavy atom. The van der Waals surface area contributed by atoms with E-state index in [-0.39, 0.29) is 18.4 Å². The van der Waals surface area contributed by atoms with Gasteiger partial charge < -0.3 is 19.8 Å². The highest BCUT2D eigenvalue weighted by atomic mass is 79.9. The molecule has 1 atom stereocenters. The van der Waals surface area contributed by atoms with Crippen molar-refractivity contribution in [3.63, 3.8) is 0 Å². The van der Waals surface area contributed by atoms with Gasteiger partial charge in [-0.3, -0.25) is 9.59 Å². The van der Waals surface area contributed by atoms with Crippen LogP contribution in [-0.4, -0.2) is 17.9 Å². The van der Waals surface area contributed by atoms with Crippen LogP contribution in [0.3, 0.4) is 0 Å². The zero-order chi connectivity index (χ0) is 19.9. The number of carbonyl (C=O) groups is 2. The molecule has 28 heavy (non-hydrogen) atoms. The summed E-state index contributed by atoms with van der Waals surface area (Å²) in [6.07, 6.45) is 0.808. The fourth-order valence-electron chi connectivity index (χ4n) is 2.47. The summed E-state index contributed by atoms with van der Waals surface area (Å²) in [5.41, 5.74) is 0.772. The molecule has 144 valence electrons. The molecule has 0 saturated carbocycles. The molecule has 0 bridgehead atoms. The minimum Gasteiger partial charge on any atom is -0.481 e. The first-order valence-electron chi connectivity index (χ1n) is 8.65. The van der Waals surface area contributed by atoms with Gasteiger partial charge in [-0.15, -0.1) is 0 Å². The summed E-state index contributed by atoms with van der Waals surface area (Å²) in [6, 6.07) is 17.5. The molecule has 0 unspecified atom stereocenters. The summed E-state index contributed by atoms with van der Waals surface area (Å²) in [7, 11) is 0. The van der Waals surface area contributed by atoms with E-state index in [1.807, 2.05) is 12.1 Å². The molecule has 1 heterocycles. The Morgan fingerprint density at radius 3 is 2.54 bits per heavy atom. The minimum atomic E-state index is -0.736. The maximum absolute atomic E-state index is 12.5. The third kappa shape index (κ3) is 5.23. The second kappa shape index (κ2) is 9.23. The summed E-state index contributed by atoms with van der Waals surface area (Å²) >= 11 is 3.35. The lowest BCUT2D eigenvalue weighted by atomic mass is 10.1. The Kier molecular flexibility index (Phi) is 6.49. The number of furan rings is 1. The first-order chi connectivity index (χ1) is 13.5. The van der Waals surface area contributed by atoms with Crippen molar-refractivity contribution in [1.29, 1.82) is 0 Å². The van der Waals surface area contributed by atoms with Crippen molar-refractivity contribution in [1.82, 2.24) is 5.32 Å². The van der Waals surface area contributed by atoms with Gasteiger partial charge in [0.25, 0.3) is 11.8 Å². The second-order valence-electron chi connectivity index (χ2n) is 6.01. The predicted octanol–water partition coefficient (Wildman–Crippen LogP) is 4.38. The van der Waals surface area contributed by atoms with Crippen molar-refractivity contribution in [2.45, 2.75) is 19.6 Å². The molecule has 0 spiro atoms. The number of amides is 2. The van der Waals surface area contributed by atoms with Gasteiger partial charge in [0.2, 0.25) is 0 Å². The highest BCUT2D eigenvalue weighted by molar-refractivity contribution is 9.10. The zero-order valence-corrected chi connectivity index (χ0v) is 16.7. The number of halogens is 1. The molecule has 1 aromatic heterocycles. The molecule has 0 saturated heterocycles. The van der Waals surface area contributed by atoms with Crippen LogP contribution in [-0.2, 0) is 11.3 Å². The number of nitrogens with one attached hydrogen (secondary N) is 2. The van der Waals surface area contributed by atoms with Crippen LogP contribution in [0.15, 0.2) is 75.8 Å². The molecular weight excluding hydrogens is 424 g/mol. The fourth-order valence-corrected chi connectivity index (χ4v) is 2.74. The topological polar surface area (TPSA) is 80.6 Å². The molecule has 2 aromatic carbocycles. The molecule has 3 rings (SSSR count). The molecule has 0 radical (unpaired) electrons. The van der Waals surface area contributed by atoms with Crippen LogP contribution in [0.2, 0.25) is 0 Å². The lowest BCUT2D eigenvalue weighted by Gasteiger charge is -2.16. The Labute approximate surface area is 171 Å². The average Bonchev–Trinajstić information content (AvgIpc) is 3.22. The maximum atomic E-state index is 12.5. The van der Waals surface area contributed by atoms with Crippen molar-refractivity contribution in [3.05, 3.63) is 82.7 Å². The highest BCUT2D eigenvalue weighted by Gasteiger charge is 2.18. The fraction of sp³-hybridized carbons (Fsp3) is 0.143. The molecule has 2 amide bonds. The summed E-state index contributed by atoms with van der Waals surface area (Å²) in [6.45, 7) is 1.91. The SMILES string of the molecule is C[C@@H](Oc1ccc(Br)cc1)C(=O)Nc1ccccc1C(=O)NCc1ccco1. The zero-order valence-electron chi connectivity index (χ0n) is 15.1. The standard InChI is InChI=1S/C21H19BrN2O4/c1-14(28-16-10-8-15(22)9-11-16)20(25)24-19-7-3-2-6-18(19)21(26)23-13-17-5-4-12-27-17/h2-12,14H,13H2,1H3,(H,23,26)(H,24,25)/t14-/m1/s1. The largest absolute Gasteiger partial charge is 0.481 e. The van der Waals surface area contributed by atoms with Crippen LogP contribution in [0.1, 0.15) is 23.0 Å². The van der Waals surface area contributed by atoms with E-state index in [4.69, 9.17) is 9.15 Å². The van der Waals surface area contributed by atoms with E-state index in [0.717, 1.165) is 4.47 Å². The number of anilines is 1.